The third-order valence-electron chi connectivity index (χ3n) is 3.51. The zero-order chi connectivity index (χ0) is 20.3. The van der Waals surface area contributed by atoms with Crippen molar-refractivity contribution in [1.29, 1.82) is 0 Å². The quantitative estimate of drug-likeness (QED) is 0.621. The predicted molar refractivity (Wildman–Crippen MR) is 93.7 cm³/mol. The number of nitrogens with zero attached hydrogens (tertiary/aromatic N) is 4. The Morgan fingerprint density at radius 1 is 1.25 bits per heavy atom. The summed E-state index contributed by atoms with van der Waals surface area (Å²) in [6.07, 6.45) is -3.21. The zero-order valence-electron chi connectivity index (χ0n) is 14.4. The van der Waals surface area contributed by atoms with E-state index < -0.39 is 29.1 Å². The summed E-state index contributed by atoms with van der Waals surface area (Å²) in [4.78, 5) is 20.9. The molecule has 28 heavy (non-hydrogen) atoms. The van der Waals surface area contributed by atoms with Gasteiger partial charge >= 0.3 is 6.18 Å². The van der Waals surface area contributed by atoms with Crippen molar-refractivity contribution < 1.29 is 22.1 Å². The summed E-state index contributed by atoms with van der Waals surface area (Å²) in [5, 5.41) is 6.26. The van der Waals surface area contributed by atoms with Crippen LogP contribution in [0, 0.1) is 0 Å². The smallest absolute Gasteiger partial charge is 0.422 e. The van der Waals surface area contributed by atoms with Gasteiger partial charge in [-0.25, -0.2) is 9.97 Å². The topological polar surface area (TPSA) is 103 Å². The number of benzene rings is 1. The summed E-state index contributed by atoms with van der Waals surface area (Å²) in [7, 11) is -1.60. The first-order valence-corrected chi connectivity index (χ1v) is 9.28. The molecule has 12 heteroatoms. The van der Waals surface area contributed by atoms with Crippen LogP contribution in [0.5, 0.6) is 5.75 Å². The second-order valence-electron chi connectivity index (χ2n) is 5.46. The van der Waals surface area contributed by atoms with Gasteiger partial charge in [-0.2, -0.15) is 18.3 Å². The molecule has 0 radical (unpaired) electrons. The summed E-state index contributed by atoms with van der Waals surface area (Å²) < 4.78 is 55.0. The van der Waals surface area contributed by atoms with E-state index in [4.69, 9.17) is 0 Å². The number of hydrogen-bond acceptors (Lipinski definition) is 6. The molecule has 0 spiro atoms. The van der Waals surface area contributed by atoms with E-state index in [-0.39, 0.29) is 33.9 Å². The van der Waals surface area contributed by atoms with E-state index in [1.54, 1.807) is 6.92 Å². The molecule has 8 nitrogen and oxygen atoms in total. The number of halogens is 3. The molecular formula is C16H14F3N5O3S. The van der Waals surface area contributed by atoms with Crippen LogP contribution in [-0.2, 0) is 10.8 Å². The monoisotopic (exact) mass is 413 g/mol. The largest absolute Gasteiger partial charge is 0.484 e. The van der Waals surface area contributed by atoms with Crippen molar-refractivity contribution in [2.75, 3.05) is 12.4 Å². The lowest BCUT2D eigenvalue weighted by Crippen LogP contribution is -2.24. The van der Waals surface area contributed by atoms with Crippen LogP contribution < -0.4 is 10.3 Å². The van der Waals surface area contributed by atoms with Crippen molar-refractivity contribution in [2.24, 2.45) is 0 Å². The van der Waals surface area contributed by atoms with E-state index in [9.17, 15) is 22.2 Å². The Kier molecular flexibility index (Phi) is 5.58. The highest BCUT2D eigenvalue weighted by Gasteiger charge is 2.28. The average molecular weight is 413 g/mol. The van der Waals surface area contributed by atoms with Crippen LogP contribution in [0.4, 0.5) is 13.2 Å². The van der Waals surface area contributed by atoms with Crippen LogP contribution in [0.1, 0.15) is 6.92 Å². The minimum Gasteiger partial charge on any atom is -0.484 e. The summed E-state index contributed by atoms with van der Waals surface area (Å²) in [6.45, 7) is 0.243. The van der Waals surface area contributed by atoms with Gasteiger partial charge in [0, 0.05) is 11.8 Å². The van der Waals surface area contributed by atoms with E-state index in [1.165, 1.54) is 36.7 Å². The molecule has 0 aliphatic rings. The molecule has 0 aliphatic carbocycles. The number of alkyl halides is 3. The predicted octanol–water partition coefficient (Wildman–Crippen LogP) is 2.09. The molecule has 0 fully saturated rings. The maximum atomic E-state index is 12.7. The van der Waals surface area contributed by atoms with E-state index in [0.717, 1.165) is 4.57 Å². The second kappa shape index (κ2) is 7.92. The molecule has 1 unspecified atom stereocenters. The van der Waals surface area contributed by atoms with Crippen LogP contribution in [-0.4, -0.2) is 47.5 Å². The number of nitrogens with one attached hydrogen (secondary N) is 1. The minimum atomic E-state index is -4.46. The molecule has 3 aromatic rings. The van der Waals surface area contributed by atoms with Crippen molar-refractivity contribution in [3.8, 4) is 23.0 Å². The number of aromatic nitrogens is 5. The summed E-state index contributed by atoms with van der Waals surface area (Å²) in [5.41, 5.74) is -0.0550. The fourth-order valence-electron chi connectivity index (χ4n) is 2.29. The summed E-state index contributed by atoms with van der Waals surface area (Å²) in [5.74, 6) is 0.437. The highest BCUT2D eigenvalue weighted by atomic mass is 32.2. The molecule has 1 atom stereocenters. The van der Waals surface area contributed by atoms with Gasteiger partial charge in [-0.1, -0.05) is 6.92 Å². The SMILES string of the molecule is CCS(=O)c1nc(-c2ncn[nH]2)cc(=O)n1-c1ccc(OCC(F)(F)F)cc1. The molecule has 0 saturated carbocycles. The Morgan fingerprint density at radius 3 is 2.54 bits per heavy atom. The number of aromatic amines is 1. The molecule has 0 bridgehead atoms. The average Bonchev–Trinajstić information content (AvgIpc) is 3.20. The first-order chi connectivity index (χ1) is 13.3. The van der Waals surface area contributed by atoms with Crippen LogP contribution in [0.3, 0.4) is 0 Å². The zero-order valence-corrected chi connectivity index (χ0v) is 15.3. The Bertz CT molecular complexity index is 1030. The standard InChI is InChI=1S/C16H14F3N5O3S/c1-2-28(26)15-22-12(14-20-9-21-23-14)7-13(25)24(15)10-3-5-11(6-4-10)27-8-16(17,18)19/h3-7,9H,2,8H2,1H3,(H,20,21,23). The lowest BCUT2D eigenvalue weighted by molar-refractivity contribution is -0.153. The van der Waals surface area contributed by atoms with E-state index >= 15 is 0 Å². The van der Waals surface area contributed by atoms with E-state index in [2.05, 4.69) is 24.9 Å². The van der Waals surface area contributed by atoms with E-state index in [1.807, 2.05) is 0 Å². The van der Waals surface area contributed by atoms with Gasteiger partial charge < -0.3 is 4.74 Å². The van der Waals surface area contributed by atoms with Crippen molar-refractivity contribution in [1.82, 2.24) is 24.7 Å². The van der Waals surface area contributed by atoms with Crippen molar-refractivity contribution in [3.05, 3.63) is 47.0 Å². The van der Waals surface area contributed by atoms with Crippen LogP contribution in [0.15, 0.2) is 46.6 Å². The lowest BCUT2D eigenvalue weighted by Gasteiger charge is -2.13. The summed E-state index contributed by atoms with van der Waals surface area (Å²) in [6, 6.07) is 6.55. The maximum Gasteiger partial charge on any atom is 0.422 e. The summed E-state index contributed by atoms with van der Waals surface area (Å²) >= 11 is 0. The first kappa shape index (κ1) is 19.7. The third kappa shape index (κ3) is 4.44. The van der Waals surface area contributed by atoms with Crippen LogP contribution in [0.25, 0.3) is 17.2 Å². The molecule has 2 aromatic heterocycles. The Morgan fingerprint density at radius 2 is 1.96 bits per heavy atom. The van der Waals surface area contributed by atoms with E-state index in [0.29, 0.717) is 0 Å². The fraction of sp³-hybridized carbons (Fsp3) is 0.250. The second-order valence-corrected chi connectivity index (χ2v) is 7.10. The van der Waals surface area contributed by atoms with Crippen LogP contribution in [0.2, 0.25) is 0 Å². The molecule has 148 valence electrons. The van der Waals surface area contributed by atoms with Gasteiger partial charge in [0.15, 0.2) is 12.4 Å². The lowest BCUT2D eigenvalue weighted by atomic mass is 10.3. The van der Waals surface area contributed by atoms with Crippen molar-refractivity contribution in [2.45, 2.75) is 18.3 Å². The fourth-order valence-corrected chi connectivity index (χ4v) is 3.14. The molecule has 2 heterocycles. The first-order valence-electron chi connectivity index (χ1n) is 7.96. The van der Waals surface area contributed by atoms with Gasteiger partial charge in [-0.05, 0) is 24.3 Å². The number of rotatable bonds is 6. The highest BCUT2D eigenvalue weighted by molar-refractivity contribution is 7.84. The van der Waals surface area contributed by atoms with Gasteiger partial charge in [-0.3, -0.25) is 18.7 Å². The molecular weight excluding hydrogens is 399 g/mol. The van der Waals surface area contributed by atoms with Gasteiger partial charge in [0.1, 0.15) is 17.8 Å². The Labute approximate surface area is 158 Å². The number of hydrogen-bond donors (Lipinski definition) is 1. The molecule has 0 aliphatic heterocycles. The Balaban J connectivity index is 2.01. The highest BCUT2D eigenvalue weighted by Crippen LogP contribution is 2.21. The molecule has 0 amide bonds. The normalized spacial score (nSPS) is 12.7. The molecule has 0 saturated heterocycles. The van der Waals surface area contributed by atoms with Gasteiger partial charge in [-0.15, -0.1) is 0 Å². The van der Waals surface area contributed by atoms with Gasteiger partial charge in [0.2, 0.25) is 5.16 Å². The number of H-pyrrole nitrogens is 1. The van der Waals surface area contributed by atoms with Gasteiger partial charge in [0.25, 0.3) is 5.56 Å². The Hall–Kier alpha value is -3.02. The van der Waals surface area contributed by atoms with Crippen molar-refractivity contribution >= 4 is 10.8 Å². The van der Waals surface area contributed by atoms with Gasteiger partial charge in [0.05, 0.1) is 16.5 Å². The molecule has 1 aromatic carbocycles. The maximum absolute atomic E-state index is 12.7. The van der Waals surface area contributed by atoms with Crippen LogP contribution >= 0.6 is 0 Å². The molecule has 3 rings (SSSR count). The number of ether oxygens (including phenoxy) is 1. The minimum absolute atomic E-state index is 0.00893. The van der Waals surface area contributed by atoms with Crippen molar-refractivity contribution in [3.63, 3.8) is 0 Å². The molecule has 1 N–H and O–H groups in total. The third-order valence-corrected chi connectivity index (χ3v) is 4.71.